The number of carboxylic acids is 2. The molecule has 0 radical (unpaired) electrons. The van der Waals surface area contributed by atoms with Crippen LogP contribution in [0, 0.1) is 0 Å². The summed E-state index contributed by atoms with van der Waals surface area (Å²) in [7, 11) is 0. The molecular weight excluding hydrogens is 260 g/mol. The largest absolute Gasteiger partial charge is 0.478 e. The van der Waals surface area contributed by atoms with Gasteiger partial charge in [-0.05, 0) is 12.1 Å². The van der Waals surface area contributed by atoms with Crippen LogP contribution in [0.4, 0.5) is 0 Å². The van der Waals surface area contributed by atoms with Crippen LogP contribution in [0.25, 0.3) is 0 Å². The van der Waals surface area contributed by atoms with Gasteiger partial charge in [0.1, 0.15) is 0 Å². The fraction of sp³-hybridized carbons (Fsp3) is 0. The van der Waals surface area contributed by atoms with Gasteiger partial charge in [-0.25, -0.2) is 9.59 Å². The maximum atomic E-state index is 12.4. The molecule has 5 heteroatoms. The Morgan fingerprint density at radius 2 is 0.900 bits per heavy atom. The molecule has 0 unspecified atom stereocenters. The van der Waals surface area contributed by atoms with Gasteiger partial charge in [-0.15, -0.1) is 0 Å². The first kappa shape index (κ1) is 13.5. The molecule has 0 fully saturated rings. The van der Waals surface area contributed by atoms with Crippen molar-refractivity contribution in [2.24, 2.45) is 0 Å². The Hall–Kier alpha value is -2.95. The Kier molecular flexibility index (Phi) is 3.61. The van der Waals surface area contributed by atoms with Crippen LogP contribution in [0.2, 0.25) is 0 Å². The zero-order chi connectivity index (χ0) is 14.7. The number of carboxylic acid groups (broad SMARTS) is 2. The molecule has 0 saturated heterocycles. The monoisotopic (exact) mass is 270 g/mol. The molecule has 2 aromatic carbocycles. The number of hydrogen-bond acceptors (Lipinski definition) is 3. The Labute approximate surface area is 114 Å². The van der Waals surface area contributed by atoms with Crippen molar-refractivity contribution in [3.05, 3.63) is 70.8 Å². The molecule has 0 atom stereocenters. The van der Waals surface area contributed by atoms with Gasteiger partial charge in [0, 0.05) is 11.1 Å². The minimum Gasteiger partial charge on any atom is -0.478 e. The molecule has 20 heavy (non-hydrogen) atoms. The molecule has 2 N–H and O–H groups in total. The van der Waals surface area contributed by atoms with Gasteiger partial charge in [-0.1, -0.05) is 36.4 Å². The standard InChI is InChI=1S/C15H10O5/c16-13(9-5-1-3-7-11(9)14(17)18)10-6-2-4-8-12(10)15(19)20/h1-8H,(H,17,18)(H,19,20). The summed E-state index contributed by atoms with van der Waals surface area (Å²) >= 11 is 0. The Balaban J connectivity index is 2.59. The molecule has 0 bridgehead atoms. The first-order valence-corrected chi connectivity index (χ1v) is 5.71. The summed E-state index contributed by atoms with van der Waals surface area (Å²) < 4.78 is 0. The van der Waals surface area contributed by atoms with E-state index < -0.39 is 17.7 Å². The van der Waals surface area contributed by atoms with Gasteiger partial charge in [-0.2, -0.15) is 0 Å². The maximum Gasteiger partial charge on any atom is 0.336 e. The minimum absolute atomic E-state index is 0.0336. The van der Waals surface area contributed by atoms with Crippen molar-refractivity contribution in [1.82, 2.24) is 0 Å². The highest BCUT2D eigenvalue weighted by molar-refractivity contribution is 6.17. The van der Waals surface area contributed by atoms with Crippen molar-refractivity contribution >= 4 is 17.7 Å². The molecule has 0 aliphatic heterocycles. The van der Waals surface area contributed by atoms with Crippen molar-refractivity contribution in [2.45, 2.75) is 0 Å². The molecule has 0 aliphatic rings. The maximum absolute atomic E-state index is 12.4. The predicted octanol–water partition coefficient (Wildman–Crippen LogP) is 2.31. The van der Waals surface area contributed by atoms with Crippen LogP contribution in [0.1, 0.15) is 36.6 Å². The summed E-state index contributed by atoms with van der Waals surface area (Å²) in [6.07, 6.45) is 0. The molecule has 0 saturated carbocycles. The second-order valence-corrected chi connectivity index (χ2v) is 4.03. The highest BCUT2D eigenvalue weighted by atomic mass is 16.4. The van der Waals surface area contributed by atoms with Crippen molar-refractivity contribution in [1.29, 1.82) is 0 Å². The van der Waals surface area contributed by atoms with E-state index in [9.17, 15) is 14.4 Å². The van der Waals surface area contributed by atoms with E-state index in [1.807, 2.05) is 0 Å². The summed E-state index contributed by atoms with van der Waals surface area (Å²) in [5, 5.41) is 18.1. The molecule has 2 aromatic rings. The first-order chi connectivity index (χ1) is 9.52. The summed E-state index contributed by atoms with van der Waals surface area (Å²) in [6, 6.07) is 11.4. The highest BCUT2D eigenvalue weighted by Gasteiger charge is 2.21. The van der Waals surface area contributed by atoms with E-state index in [0.717, 1.165) is 0 Å². The number of rotatable bonds is 4. The van der Waals surface area contributed by atoms with Gasteiger partial charge in [0.05, 0.1) is 11.1 Å². The molecule has 0 spiro atoms. The average Bonchev–Trinajstić information content (AvgIpc) is 2.46. The number of benzene rings is 2. The minimum atomic E-state index is -1.23. The zero-order valence-electron chi connectivity index (χ0n) is 10.2. The average molecular weight is 270 g/mol. The molecule has 0 heterocycles. The van der Waals surface area contributed by atoms with Crippen LogP contribution in [-0.4, -0.2) is 27.9 Å². The van der Waals surface area contributed by atoms with Gasteiger partial charge in [-0.3, -0.25) is 4.79 Å². The number of hydrogen-bond donors (Lipinski definition) is 2. The van der Waals surface area contributed by atoms with E-state index in [2.05, 4.69) is 0 Å². The van der Waals surface area contributed by atoms with E-state index in [-0.39, 0.29) is 22.3 Å². The van der Waals surface area contributed by atoms with E-state index >= 15 is 0 Å². The fourth-order valence-electron chi connectivity index (χ4n) is 1.88. The van der Waals surface area contributed by atoms with Gasteiger partial charge < -0.3 is 10.2 Å². The van der Waals surface area contributed by atoms with E-state index in [4.69, 9.17) is 10.2 Å². The topological polar surface area (TPSA) is 91.7 Å². The Morgan fingerprint density at radius 1 is 0.600 bits per heavy atom. The molecule has 0 aromatic heterocycles. The van der Waals surface area contributed by atoms with Crippen LogP contribution in [0.3, 0.4) is 0 Å². The third-order valence-corrected chi connectivity index (χ3v) is 2.80. The summed E-state index contributed by atoms with van der Waals surface area (Å²) in [4.78, 5) is 34.6. The Morgan fingerprint density at radius 3 is 1.20 bits per heavy atom. The summed E-state index contributed by atoms with van der Waals surface area (Å²) in [6.45, 7) is 0. The normalized spacial score (nSPS) is 10.0. The molecule has 100 valence electrons. The number of carbonyl (C=O) groups excluding carboxylic acids is 1. The lowest BCUT2D eigenvalue weighted by molar-refractivity contribution is 0.0686. The smallest absolute Gasteiger partial charge is 0.336 e. The van der Waals surface area contributed by atoms with Gasteiger partial charge in [0.15, 0.2) is 5.78 Å². The number of ketones is 1. The number of aromatic carboxylic acids is 2. The summed E-state index contributed by atoms with van der Waals surface area (Å²) in [5.41, 5.74) is -0.377. The van der Waals surface area contributed by atoms with Crippen LogP contribution in [-0.2, 0) is 0 Å². The molecular formula is C15H10O5. The Bertz CT molecular complexity index is 643. The quantitative estimate of drug-likeness (QED) is 0.832. The predicted molar refractivity (Wildman–Crippen MR) is 70.2 cm³/mol. The molecule has 2 rings (SSSR count). The van der Waals surface area contributed by atoms with Gasteiger partial charge in [0.25, 0.3) is 0 Å². The van der Waals surface area contributed by atoms with Crippen molar-refractivity contribution in [2.75, 3.05) is 0 Å². The number of carbonyl (C=O) groups is 3. The second-order valence-electron chi connectivity index (χ2n) is 4.03. The van der Waals surface area contributed by atoms with Crippen molar-refractivity contribution < 1.29 is 24.6 Å². The lowest BCUT2D eigenvalue weighted by Gasteiger charge is -2.07. The van der Waals surface area contributed by atoms with E-state index in [1.54, 1.807) is 0 Å². The molecule has 0 aliphatic carbocycles. The van der Waals surface area contributed by atoms with Gasteiger partial charge >= 0.3 is 11.9 Å². The van der Waals surface area contributed by atoms with E-state index in [0.29, 0.717) is 0 Å². The van der Waals surface area contributed by atoms with Gasteiger partial charge in [0.2, 0.25) is 0 Å². The van der Waals surface area contributed by atoms with Crippen LogP contribution in [0.5, 0.6) is 0 Å². The zero-order valence-corrected chi connectivity index (χ0v) is 10.2. The highest BCUT2D eigenvalue weighted by Crippen LogP contribution is 2.18. The first-order valence-electron chi connectivity index (χ1n) is 5.71. The van der Waals surface area contributed by atoms with Crippen LogP contribution < -0.4 is 0 Å². The van der Waals surface area contributed by atoms with Crippen LogP contribution >= 0.6 is 0 Å². The lowest BCUT2D eigenvalue weighted by Crippen LogP contribution is -2.13. The summed E-state index contributed by atoms with van der Waals surface area (Å²) in [5.74, 6) is -3.09. The van der Waals surface area contributed by atoms with Crippen molar-refractivity contribution in [3.8, 4) is 0 Å². The lowest BCUT2D eigenvalue weighted by atomic mass is 9.95. The van der Waals surface area contributed by atoms with Crippen molar-refractivity contribution in [3.63, 3.8) is 0 Å². The SMILES string of the molecule is O=C(O)c1ccccc1C(=O)c1ccccc1C(=O)O. The third kappa shape index (κ3) is 2.42. The molecule has 5 nitrogen and oxygen atoms in total. The second kappa shape index (κ2) is 5.36. The van der Waals surface area contributed by atoms with Crippen LogP contribution in [0.15, 0.2) is 48.5 Å². The fourth-order valence-corrected chi connectivity index (χ4v) is 1.88. The molecule has 0 amide bonds. The van der Waals surface area contributed by atoms with E-state index in [1.165, 1.54) is 48.5 Å². The third-order valence-electron chi connectivity index (χ3n) is 2.80.